The van der Waals surface area contributed by atoms with Crippen LogP contribution in [0.25, 0.3) is 10.8 Å². The van der Waals surface area contributed by atoms with Gasteiger partial charge < -0.3 is 10.2 Å². The second kappa shape index (κ2) is 9.43. The first-order valence-corrected chi connectivity index (χ1v) is 13.5. The van der Waals surface area contributed by atoms with Gasteiger partial charge in [-0.3, -0.25) is 9.59 Å². The Balaban J connectivity index is 1.34. The molecule has 0 aromatic heterocycles. The standard InChI is InChI=1S/C27H29N3O4S/c1-19(31)28-26-18-23-9-5-4-8-22(23)17-25(26)27(32)29-12-14-30(15-13-29)35(33,34)24-11-10-20-6-2-3-7-21(20)16-24/h4-5,8-11,16-18H,2-3,6-7,12-15H2,1H3,(H,28,31). The van der Waals surface area contributed by atoms with E-state index >= 15 is 0 Å². The van der Waals surface area contributed by atoms with Gasteiger partial charge in [0.15, 0.2) is 0 Å². The summed E-state index contributed by atoms with van der Waals surface area (Å²) in [6.45, 7) is 2.45. The quantitative estimate of drug-likeness (QED) is 0.601. The lowest BCUT2D eigenvalue weighted by Gasteiger charge is -2.34. The zero-order valence-electron chi connectivity index (χ0n) is 19.8. The highest BCUT2D eigenvalue weighted by Crippen LogP contribution is 2.28. The third kappa shape index (κ3) is 4.68. The van der Waals surface area contributed by atoms with Crippen LogP contribution in [0.2, 0.25) is 0 Å². The molecule has 8 heteroatoms. The van der Waals surface area contributed by atoms with E-state index < -0.39 is 10.0 Å². The van der Waals surface area contributed by atoms with E-state index in [1.54, 1.807) is 23.1 Å². The van der Waals surface area contributed by atoms with Crippen LogP contribution in [0.3, 0.4) is 0 Å². The summed E-state index contributed by atoms with van der Waals surface area (Å²) < 4.78 is 28.1. The Morgan fingerprint density at radius 2 is 1.49 bits per heavy atom. The Kier molecular flexibility index (Phi) is 6.34. The molecule has 0 saturated carbocycles. The van der Waals surface area contributed by atoms with Crippen LogP contribution in [0.15, 0.2) is 59.5 Å². The van der Waals surface area contributed by atoms with Gasteiger partial charge in [-0.25, -0.2) is 8.42 Å². The van der Waals surface area contributed by atoms with Crippen molar-refractivity contribution in [1.29, 1.82) is 0 Å². The van der Waals surface area contributed by atoms with Crippen molar-refractivity contribution >= 4 is 38.3 Å². The highest BCUT2D eigenvalue weighted by Gasteiger charge is 2.31. The molecule has 1 N–H and O–H groups in total. The van der Waals surface area contributed by atoms with Gasteiger partial charge in [0.25, 0.3) is 5.91 Å². The number of hydrogen-bond acceptors (Lipinski definition) is 4. The second-order valence-corrected chi connectivity index (χ2v) is 11.2. The third-order valence-electron chi connectivity index (χ3n) is 6.91. The number of carbonyl (C=O) groups is 2. The first-order chi connectivity index (χ1) is 16.8. The van der Waals surface area contributed by atoms with E-state index in [-0.39, 0.29) is 38.0 Å². The number of nitrogens with one attached hydrogen (secondary N) is 1. The molecule has 1 fully saturated rings. The molecule has 35 heavy (non-hydrogen) atoms. The maximum Gasteiger partial charge on any atom is 0.256 e. The SMILES string of the molecule is CC(=O)Nc1cc2ccccc2cc1C(=O)N1CCN(S(=O)(=O)c2ccc3c(c2)CCCC3)CC1. The largest absolute Gasteiger partial charge is 0.336 e. The molecule has 2 amide bonds. The fourth-order valence-electron chi connectivity index (χ4n) is 5.03. The van der Waals surface area contributed by atoms with Crippen molar-refractivity contribution in [3.8, 4) is 0 Å². The van der Waals surface area contributed by atoms with Crippen molar-refractivity contribution in [2.24, 2.45) is 0 Å². The second-order valence-electron chi connectivity index (χ2n) is 9.26. The number of anilines is 1. The van der Waals surface area contributed by atoms with Crippen molar-refractivity contribution in [3.63, 3.8) is 0 Å². The van der Waals surface area contributed by atoms with Crippen LogP contribution in [0.1, 0.15) is 41.3 Å². The molecule has 3 aromatic rings. The summed E-state index contributed by atoms with van der Waals surface area (Å²) in [7, 11) is -3.62. The van der Waals surface area contributed by atoms with Gasteiger partial charge in [0.05, 0.1) is 16.1 Å². The summed E-state index contributed by atoms with van der Waals surface area (Å²) in [4.78, 5) is 27.2. The van der Waals surface area contributed by atoms with Crippen LogP contribution < -0.4 is 5.32 Å². The highest BCUT2D eigenvalue weighted by molar-refractivity contribution is 7.89. The van der Waals surface area contributed by atoms with Crippen molar-refractivity contribution in [2.75, 3.05) is 31.5 Å². The number of carbonyl (C=O) groups excluding carboxylic acids is 2. The first kappa shape index (κ1) is 23.5. The van der Waals surface area contributed by atoms with E-state index in [4.69, 9.17) is 0 Å². The topological polar surface area (TPSA) is 86.8 Å². The Labute approximate surface area is 205 Å². The van der Waals surface area contributed by atoms with Gasteiger partial charge in [-0.05, 0) is 71.8 Å². The zero-order valence-corrected chi connectivity index (χ0v) is 20.6. The molecular formula is C27H29N3O4S. The lowest BCUT2D eigenvalue weighted by atomic mass is 9.92. The van der Waals surface area contributed by atoms with Crippen LogP contribution in [0, 0.1) is 0 Å². The van der Waals surface area contributed by atoms with Crippen molar-refractivity contribution in [3.05, 3.63) is 71.3 Å². The molecular weight excluding hydrogens is 462 g/mol. The van der Waals surface area contributed by atoms with Crippen LogP contribution in [0.5, 0.6) is 0 Å². The van der Waals surface area contributed by atoms with E-state index in [2.05, 4.69) is 5.32 Å². The normalized spacial score (nSPS) is 16.7. The van der Waals surface area contributed by atoms with Crippen LogP contribution in [-0.4, -0.2) is 55.6 Å². The van der Waals surface area contributed by atoms with E-state index in [1.165, 1.54) is 16.8 Å². The first-order valence-electron chi connectivity index (χ1n) is 12.0. The maximum atomic E-state index is 13.4. The predicted octanol–water partition coefficient (Wildman–Crippen LogP) is 3.82. The van der Waals surface area contributed by atoms with Gasteiger partial charge >= 0.3 is 0 Å². The van der Waals surface area contributed by atoms with Crippen molar-refractivity contribution in [1.82, 2.24) is 9.21 Å². The lowest BCUT2D eigenvalue weighted by Crippen LogP contribution is -2.50. The molecule has 0 atom stereocenters. The van der Waals surface area contributed by atoms with Gasteiger partial charge in [-0.1, -0.05) is 30.3 Å². The van der Waals surface area contributed by atoms with Crippen LogP contribution in [0.4, 0.5) is 5.69 Å². The highest BCUT2D eigenvalue weighted by atomic mass is 32.2. The summed E-state index contributed by atoms with van der Waals surface area (Å²) in [5.74, 6) is -0.472. The van der Waals surface area contributed by atoms with E-state index in [9.17, 15) is 18.0 Å². The van der Waals surface area contributed by atoms with E-state index in [0.29, 0.717) is 16.1 Å². The van der Waals surface area contributed by atoms with Gasteiger partial charge in [0.2, 0.25) is 15.9 Å². The molecule has 1 heterocycles. The average Bonchev–Trinajstić information content (AvgIpc) is 2.87. The summed E-state index contributed by atoms with van der Waals surface area (Å²) in [5, 5.41) is 4.60. The molecule has 1 aliphatic carbocycles. The predicted molar refractivity (Wildman–Crippen MR) is 136 cm³/mol. The van der Waals surface area contributed by atoms with E-state index in [0.717, 1.165) is 42.0 Å². The van der Waals surface area contributed by atoms with Crippen molar-refractivity contribution < 1.29 is 18.0 Å². The van der Waals surface area contributed by atoms with Crippen molar-refractivity contribution in [2.45, 2.75) is 37.5 Å². The number of hydrogen-bond donors (Lipinski definition) is 1. The number of piperazine rings is 1. The Bertz CT molecular complexity index is 1410. The third-order valence-corrected chi connectivity index (χ3v) is 8.81. The van der Waals surface area contributed by atoms with Gasteiger partial charge in [0, 0.05) is 33.1 Å². The van der Waals surface area contributed by atoms with E-state index in [1.807, 2.05) is 36.4 Å². The minimum atomic E-state index is -3.62. The Morgan fingerprint density at radius 3 is 2.17 bits per heavy atom. The maximum absolute atomic E-state index is 13.4. The molecule has 182 valence electrons. The Hall–Kier alpha value is -3.23. The number of fused-ring (bicyclic) bond motifs is 2. The molecule has 0 unspecified atom stereocenters. The Morgan fingerprint density at radius 1 is 0.829 bits per heavy atom. The average molecular weight is 492 g/mol. The number of amides is 2. The molecule has 1 aliphatic heterocycles. The van der Waals surface area contributed by atoms with Gasteiger partial charge in [0.1, 0.15) is 0 Å². The lowest BCUT2D eigenvalue weighted by molar-refractivity contribution is -0.114. The number of nitrogens with zero attached hydrogens (tertiary/aromatic N) is 2. The minimum Gasteiger partial charge on any atom is -0.336 e. The molecule has 1 saturated heterocycles. The molecule has 0 bridgehead atoms. The number of rotatable bonds is 4. The fraction of sp³-hybridized carbons (Fsp3) is 0.333. The smallest absolute Gasteiger partial charge is 0.256 e. The molecule has 3 aromatic carbocycles. The molecule has 0 radical (unpaired) electrons. The van der Waals surface area contributed by atoms with Gasteiger partial charge in [-0.2, -0.15) is 4.31 Å². The van der Waals surface area contributed by atoms with Crippen LogP contribution >= 0.6 is 0 Å². The summed E-state index contributed by atoms with van der Waals surface area (Å²) in [6.07, 6.45) is 4.16. The van der Waals surface area contributed by atoms with Gasteiger partial charge in [-0.15, -0.1) is 0 Å². The fourth-order valence-corrected chi connectivity index (χ4v) is 6.50. The zero-order chi connectivity index (χ0) is 24.6. The monoisotopic (exact) mass is 491 g/mol. The molecule has 7 nitrogen and oxygen atoms in total. The summed E-state index contributed by atoms with van der Waals surface area (Å²) >= 11 is 0. The molecule has 5 rings (SSSR count). The molecule has 2 aliphatic rings. The summed E-state index contributed by atoms with van der Waals surface area (Å²) in [6, 6.07) is 16.8. The number of aryl methyl sites for hydroxylation is 2. The summed E-state index contributed by atoms with van der Waals surface area (Å²) in [5.41, 5.74) is 3.25. The minimum absolute atomic E-state index is 0.217. The number of sulfonamides is 1. The number of benzene rings is 3. The van der Waals surface area contributed by atoms with Crippen LogP contribution in [-0.2, 0) is 27.7 Å². The molecule has 0 spiro atoms.